The molecule has 1 N–H and O–H groups in total. The lowest BCUT2D eigenvalue weighted by atomic mass is 10.3. The summed E-state index contributed by atoms with van der Waals surface area (Å²) in [6.07, 6.45) is 0.988. The van der Waals surface area contributed by atoms with Crippen LogP contribution in [-0.4, -0.2) is 6.54 Å². The summed E-state index contributed by atoms with van der Waals surface area (Å²) >= 11 is 11.7. The number of rotatable bonds is 4. The van der Waals surface area contributed by atoms with E-state index in [2.05, 4.69) is 5.48 Å². The van der Waals surface area contributed by atoms with Crippen LogP contribution in [0.1, 0.15) is 13.3 Å². The molecule has 13 heavy (non-hydrogen) atoms. The van der Waals surface area contributed by atoms with Gasteiger partial charge in [-0.3, -0.25) is 0 Å². The quantitative estimate of drug-likeness (QED) is 0.620. The number of hydrogen-bond donors (Lipinski definition) is 1. The van der Waals surface area contributed by atoms with Gasteiger partial charge in [0.2, 0.25) is 0 Å². The van der Waals surface area contributed by atoms with Crippen LogP contribution >= 0.6 is 23.2 Å². The van der Waals surface area contributed by atoms with Crippen molar-refractivity contribution in [1.29, 1.82) is 0 Å². The normalized spacial score (nSPS) is 10.1. The first-order chi connectivity index (χ1) is 6.25. The van der Waals surface area contributed by atoms with Crippen molar-refractivity contribution in [1.82, 2.24) is 5.48 Å². The molecule has 0 fully saturated rings. The van der Waals surface area contributed by atoms with E-state index >= 15 is 0 Å². The molecular formula is C9H11Cl2NO. The largest absolute Gasteiger partial charge is 0.406 e. The van der Waals surface area contributed by atoms with Crippen LogP contribution in [0.2, 0.25) is 10.0 Å². The molecule has 0 aliphatic carbocycles. The molecule has 0 heterocycles. The lowest BCUT2D eigenvalue weighted by Gasteiger charge is -2.08. The first kappa shape index (κ1) is 10.6. The van der Waals surface area contributed by atoms with Gasteiger partial charge in [0, 0.05) is 6.54 Å². The first-order valence-corrected chi connectivity index (χ1v) is 4.85. The van der Waals surface area contributed by atoms with Gasteiger partial charge in [-0.1, -0.05) is 36.2 Å². The maximum atomic E-state index is 5.86. The van der Waals surface area contributed by atoms with Crippen molar-refractivity contribution in [2.75, 3.05) is 6.54 Å². The second-order valence-electron chi connectivity index (χ2n) is 2.55. The van der Waals surface area contributed by atoms with E-state index in [-0.39, 0.29) is 0 Å². The molecule has 0 atom stereocenters. The minimum atomic E-state index is 0.485. The van der Waals surface area contributed by atoms with Crippen LogP contribution in [0, 0.1) is 0 Å². The molecule has 0 aliphatic heterocycles. The number of hydroxylamine groups is 1. The first-order valence-electron chi connectivity index (χ1n) is 4.09. The van der Waals surface area contributed by atoms with Gasteiger partial charge in [0.1, 0.15) is 0 Å². The minimum Gasteiger partial charge on any atom is -0.406 e. The Kier molecular flexibility index (Phi) is 4.36. The van der Waals surface area contributed by atoms with Gasteiger partial charge in [-0.2, -0.15) is 5.48 Å². The maximum absolute atomic E-state index is 5.86. The van der Waals surface area contributed by atoms with Gasteiger partial charge >= 0.3 is 0 Å². The van der Waals surface area contributed by atoms with Gasteiger partial charge in [0.15, 0.2) is 5.75 Å². The van der Waals surface area contributed by atoms with Crippen LogP contribution in [0.25, 0.3) is 0 Å². The van der Waals surface area contributed by atoms with Crippen LogP contribution in [0.3, 0.4) is 0 Å². The highest BCUT2D eigenvalue weighted by atomic mass is 35.5. The van der Waals surface area contributed by atoms with Crippen molar-refractivity contribution in [3.05, 3.63) is 28.2 Å². The second-order valence-corrected chi connectivity index (χ2v) is 3.36. The Morgan fingerprint density at radius 1 is 1.31 bits per heavy atom. The lowest BCUT2D eigenvalue weighted by Crippen LogP contribution is -2.19. The summed E-state index contributed by atoms with van der Waals surface area (Å²) in [6, 6.07) is 5.24. The number of halogens is 2. The Morgan fingerprint density at radius 2 is 1.92 bits per heavy atom. The van der Waals surface area contributed by atoms with Crippen molar-refractivity contribution in [3.8, 4) is 5.75 Å². The Hall–Kier alpha value is -0.440. The monoisotopic (exact) mass is 219 g/mol. The molecule has 0 saturated heterocycles. The highest BCUT2D eigenvalue weighted by Crippen LogP contribution is 2.31. The van der Waals surface area contributed by atoms with Gasteiger partial charge in [0.25, 0.3) is 0 Å². The van der Waals surface area contributed by atoms with Crippen LogP contribution in [0.5, 0.6) is 5.75 Å². The standard InChI is InChI=1S/C9H11Cl2NO/c1-2-6-12-13-9-7(10)4-3-5-8(9)11/h3-5,12H,2,6H2,1H3. The predicted molar refractivity (Wildman–Crippen MR) is 55.4 cm³/mol. The molecule has 0 unspecified atom stereocenters. The summed E-state index contributed by atoms with van der Waals surface area (Å²) in [5.74, 6) is 0.485. The molecule has 0 radical (unpaired) electrons. The van der Waals surface area contributed by atoms with Gasteiger partial charge < -0.3 is 4.84 Å². The third kappa shape index (κ3) is 3.07. The van der Waals surface area contributed by atoms with Crippen molar-refractivity contribution in [2.45, 2.75) is 13.3 Å². The number of benzene rings is 1. The SMILES string of the molecule is CCCNOc1c(Cl)cccc1Cl. The molecule has 72 valence electrons. The zero-order valence-corrected chi connectivity index (χ0v) is 8.82. The molecule has 1 aromatic carbocycles. The lowest BCUT2D eigenvalue weighted by molar-refractivity contribution is 0.196. The second kappa shape index (κ2) is 5.32. The molecule has 2 nitrogen and oxygen atoms in total. The van der Waals surface area contributed by atoms with E-state index in [1.807, 2.05) is 6.92 Å². The Bertz CT molecular complexity index is 258. The van der Waals surface area contributed by atoms with Crippen LogP contribution in [0.4, 0.5) is 0 Å². The fraction of sp³-hybridized carbons (Fsp3) is 0.333. The van der Waals surface area contributed by atoms with Crippen molar-refractivity contribution in [3.63, 3.8) is 0 Å². The summed E-state index contributed by atoms with van der Waals surface area (Å²) in [5.41, 5.74) is 2.76. The molecule has 0 saturated carbocycles. The van der Waals surface area contributed by atoms with Gasteiger partial charge in [0.05, 0.1) is 10.0 Å². The molecule has 0 bridgehead atoms. The summed E-state index contributed by atoms with van der Waals surface area (Å²) in [4.78, 5) is 5.19. The van der Waals surface area contributed by atoms with Gasteiger partial charge in [-0.15, -0.1) is 0 Å². The third-order valence-corrected chi connectivity index (χ3v) is 2.04. The average Bonchev–Trinajstić information content (AvgIpc) is 2.10. The summed E-state index contributed by atoms with van der Waals surface area (Å²) < 4.78 is 0. The number of para-hydroxylation sites is 1. The maximum Gasteiger partial charge on any atom is 0.184 e. The fourth-order valence-corrected chi connectivity index (χ4v) is 1.28. The zero-order valence-electron chi connectivity index (χ0n) is 7.31. The smallest absolute Gasteiger partial charge is 0.184 e. The van der Waals surface area contributed by atoms with E-state index in [1.165, 1.54) is 0 Å². The molecule has 4 heteroatoms. The predicted octanol–water partition coefficient (Wildman–Crippen LogP) is 3.29. The Balaban J connectivity index is 2.64. The van der Waals surface area contributed by atoms with Gasteiger partial charge in [-0.25, -0.2) is 0 Å². The van der Waals surface area contributed by atoms with Crippen molar-refractivity contribution >= 4 is 23.2 Å². The minimum absolute atomic E-state index is 0.485. The summed E-state index contributed by atoms with van der Waals surface area (Å²) in [5, 5.41) is 1.02. The summed E-state index contributed by atoms with van der Waals surface area (Å²) in [7, 11) is 0. The van der Waals surface area contributed by atoms with Crippen molar-refractivity contribution in [2.24, 2.45) is 0 Å². The number of nitrogens with one attached hydrogen (secondary N) is 1. The Morgan fingerprint density at radius 3 is 2.46 bits per heavy atom. The fourth-order valence-electron chi connectivity index (χ4n) is 0.805. The highest BCUT2D eigenvalue weighted by Gasteiger charge is 2.05. The third-order valence-electron chi connectivity index (χ3n) is 1.45. The molecule has 0 spiro atoms. The summed E-state index contributed by atoms with van der Waals surface area (Å²) in [6.45, 7) is 2.81. The molecule has 0 amide bonds. The average molecular weight is 220 g/mol. The molecule has 0 aromatic heterocycles. The molecular weight excluding hydrogens is 209 g/mol. The van der Waals surface area contributed by atoms with Crippen LogP contribution in [-0.2, 0) is 0 Å². The van der Waals surface area contributed by atoms with Crippen LogP contribution in [0.15, 0.2) is 18.2 Å². The van der Waals surface area contributed by atoms with E-state index in [9.17, 15) is 0 Å². The van der Waals surface area contributed by atoms with Gasteiger partial charge in [-0.05, 0) is 18.6 Å². The molecule has 1 aromatic rings. The van der Waals surface area contributed by atoms with E-state index in [0.717, 1.165) is 13.0 Å². The van der Waals surface area contributed by atoms with E-state index in [1.54, 1.807) is 18.2 Å². The number of hydrogen-bond acceptors (Lipinski definition) is 2. The van der Waals surface area contributed by atoms with Crippen LogP contribution < -0.4 is 10.3 Å². The molecule has 0 aliphatic rings. The topological polar surface area (TPSA) is 21.3 Å². The van der Waals surface area contributed by atoms with E-state index < -0.39 is 0 Å². The zero-order chi connectivity index (χ0) is 9.68. The van der Waals surface area contributed by atoms with E-state index in [0.29, 0.717) is 15.8 Å². The molecule has 1 rings (SSSR count). The Labute approximate surface area is 87.8 Å². The highest BCUT2D eigenvalue weighted by molar-refractivity contribution is 6.37. The van der Waals surface area contributed by atoms with Crippen molar-refractivity contribution < 1.29 is 4.84 Å². The van der Waals surface area contributed by atoms with E-state index in [4.69, 9.17) is 28.0 Å².